The van der Waals surface area contributed by atoms with E-state index in [0.717, 1.165) is 40.8 Å². The van der Waals surface area contributed by atoms with Crippen LogP contribution in [0.5, 0.6) is 0 Å². The zero-order valence-electron chi connectivity index (χ0n) is 11.7. The number of aliphatic carboxylic acids is 1. The standard InChI is InChI=1S/C15H17N3O2S/c19-15(20)9-11-4-6-12(7-5-11)21-10-14-17-16-13-3-1-2-8-18(13)14/h4-7H,1-3,8-10H2,(H,19,20). The first-order valence-corrected chi connectivity index (χ1v) is 8.05. The van der Waals surface area contributed by atoms with Crippen molar-refractivity contribution in [1.82, 2.24) is 14.8 Å². The highest BCUT2D eigenvalue weighted by molar-refractivity contribution is 7.98. The van der Waals surface area contributed by atoms with E-state index in [1.165, 1.54) is 12.8 Å². The van der Waals surface area contributed by atoms with E-state index in [-0.39, 0.29) is 6.42 Å². The lowest BCUT2D eigenvalue weighted by molar-refractivity contribution is -0.136. The molecule has 2 aromatic rings. The molecule has 0 saturated heterocycles. The van der Waals surface area contributed by atoms with E-state index >= 15 is 0 Å². The second-order valence-corrected chi connectivity index (χ2v) is 6.19. The van der Waals surface area contributed by atoms with Gasteiger partial charge >= 0.3 is 5.97 Å². The summed E-state index contributed by atoms with van der Waals surface area (Å²) in [7, 11) is 0. The fraction of sp³-hybridized carbons (Fsp3) is 0.400. The molecule has 0 spiro atoms. The highest BCUT2D eigenvalue weighted by Crippen LogP contribution is 2.24. The summed E-state index contributed by atoms with van der Waals surface area (Å²) in [6.45, 7) is 1.02. The van der Waals surface area contributed by atoms with Gasteiger partial charge in [0.25, 0.3) is 0 Å². The smallest absolute Gasteiger partial charge is 0.307 e. The molecule has 2 heterocycles. The van der Waals surface area contributed by atoms with E-state index in [9.17, 15) is 4.79 Å². The van der Waals surface area contributed by atoms with E-state index in [4.69, 9.17) is 5.11 Å². The highest BCUT2D eigenvalue weighted by Gasteiger charge is 2.15. The summed E-state index contributed by atoms with van der Waals surface area (Å²) in [5.74, 6) is 2.13. The Bertz CT molecular complexity index is 637. The quantitative estimate of drug-likeness (QED) is 0.860. The monoisotopic (exact) mass is 303 g/mol. The van der Waals surface area contributed by atoms with Crippen molar-refractivity contribution in [1.29, 1.82) is 0 Å². The molecule has 110 valence electrons. The number of hydrogen-bond acceptors (Lipinski definition) is 4. The summed E-state index contributed by atoms with van der Waals surface area (Å²) < 4.78 is 2.23. The third-order valence-electron chi connectivity index (χ3n) is 3.58. The van der Waals surface area contributed by atoms with Crippen LogP contribution >= 0.6 is 11.8 Å². The molecule has 3 rings (SSSR count). The molecule has 1 N–H and O–H groups in total. The average Bonchev–Trinajstić information content (AvgIpc) is 2.89. The number of rotatable bonds is 5. The summed E-state index contributed by atoms with van der Waals surface area (Å²) in [5.41, 5.74) is 0.826. The lowest BCUT2D eigenvalue weighted by atomic mass is 10.2. The van der Waals surface area contributed by atoms with Gasteiger partial charge in [-0.2, -0.15) is 0 Å². The van der Waals surface area contributed by atoms with E-state index in [1.807, 2.05) is 24.3 Å². The number of aromatic nitrogens is 3. The third-order valence-corrected chi connectivity index (χ3v) is 4.59. The molecule has 21 heavy (non-hydrogen) atoms. The van der Waals surface area contributed by atoms with Crippen LogP contribution < -0.4 is 0 Å². The summed E-state index contributed by atoms with van der Waals surface area (Å²) in [5, 5.41) is 17.3. The Kier molecular flexibility index (Phi) is 4.24. The number of fused-ring (bicyclic) bond motifs is 1. The van der Waals surface area contributed by atoms with Gasteiger partial charge in [0, 0.05) is 17.9 Å². The summed E-state index contributed by atoms with van der Waals surface area (Å²) in [6, 6.07) is 7.68. The molecule has 1 aromatic heterocycles. The maximum atomic E-state index is 10.6. The van der Waals surface area contributed by atoms with Gasteiger partial charge in [-0.15, -0.1) is 22.0 Å². The molecule has 1 aliphatic heterocycles. The predicted molar refractivity (Wildman–Crippen MR) is 80.3 cm³/mol. The number of carboxylic acids is 1. The molecule has 0 atom stereocenters. The van der Waals surface area contributed by atoms with Crippen LogP contribution in [0.3, 0.4) is 0 Å². The molecule has 0 amide bonds. The molecule has 5 nitrogen and oxygen atoms in total. The van der Waals surface area contributed by atoms with Gasteiger partial charge in [0.05, 0.1) is 12.2 Å². The molecule has 0 unspecified atom stereocenters. The normalized spacial score (nSPS) is 13.9. The fourth-order valence-corrected chi connectivity index (χ4v) is 3.34. The van der Waals surface area contributed by atoms with E-state index in [0.29, 0.717) is 0 Å². The molecule has 1 aliphatic rings. The average molecular weight is 303 g/mol. The number of thioether (sulfide) groups is 1. The van der Waals surface area contributed by atoms with Crippen molar-refractivity contribution in [2.75, 3.05) is 0 Å². The predicted octanol–water partition coefficient (Wildman–Crippen LogP) is 2.53. The van der Waals surface area contributed by atoms with E-state index in [1.54, 1.807) is 11.8 Å². The second-order valence-electron chi connectivity index (χ2n) is 5.14. The zero-order valence-corrected chi connectivity index (χ0v) is 12.5. The number of carbonyl (C=O) groups is 1. The SMILES string of the molecule is O=C(O)Cc1ccc(SCc2nnc3n2CCCC3)cc1. The number of nitrogens with zero attached hydrogens (tertiary/aromatic N) is 3. The number of hydrogen-bond donors (Lipinski definition) is 1. The molecular weight excluding hydrogens is 286 g/mol. The van der Waals surface area contributed by atoms with Gasteiger partial charge in [-0.05, 0) is 30.5 Å². The van der Waals surface area contributed by atoms with Crippen LogP contribution in [0.1, 0.15) is 30.1 Å². The first-order valence-electron chi connectivity index (χ1n) is 7.07. The Labute approximate surface area is 127 Å². The number of aryl methyl sites for hydroxylation is 1. The molecule has 0 fully saturated rings. The Balaban J connectivity index is 1.62. The van der Waals surface area contributed by atoms with Gasteiger partial charge in [0.15, 0.2) is 0 Å². The Morgan fingerprint density at radius 2 is 2.05 bits per heavy atom. The van der Waals surface area contributed by atoms with E-state index < -0.39 is 5.97 Å². The lowest BCUT2D eigenvalue weighted by Gasteiger charge is -2.14. The molecule has 0 aliphatic carbocycles. The molecule has 1 aromatic carbocycles. The van der Waals surface area contributed by atoms with Crippen LogP contribution in [-0.4, -0.2) is 25.8 Å². The highest BCUT2D eigenvalue weighted by atomic mass is 32.2. The molecule has 0 radical (unpaired) electrons. The third kappa shape index (κ3) is 3.44. The summed E-state index contributed by atoms with van der Waals surface area (Å²) in [6.07, 6.45) is 3.51. The molecular formula is C15H17N3O2S. The molecule has 6 heteroatoms. The van der Waals surface area contributed by atoms with Gasteiger partial charge in [-0.1, -0.05) is 12.1 Å². The Morgan fingerprint density at radius 3 is 2.81 bits per heavy atom. The summed E-state index contributed by atoms with van der Waals surface area (Å²) in [4.78, 5) is 11.8. The van der Waals surface area contributed by atoms with Crippen molar-refractivity contribution < 1.29 is 9.90 Å². The van der Waals surface area contributed by atoms with Crippen LogP contribution in [-0.2, 0) is 29.9 Å². The lowest BCUT2D eigenvalue weighted by Crippen LogP contribution is -2.12. The van der Waals surface area contributed by atoms with Gasteiger partial charge in [0.2, 0.25) is 0 Å². The minimum Gasteiger partial charge on any atom is -0.481 e. The topological polar surface area (TPSA) is 68.0 Å². The molecule has 0 saturated carbocycles. The summed E-state index contributed by atoms with van der Waals surface area (Å²) >= 11 is 1.71. The van der Waals surface area contributed by atoms with Crippen LogP contribution in [0.2, 0.25) is 0 Å². The fourth-order valence-electron chi connectivity index (χ4n) is 2.50. The van der Waals surface area contributed by atoms with Gasteiger partial charge in [-0.3, -0.25) is 4.79 Å². The molecule has 0 bridgehead atoms. The first kappa shape index (κ1) is 14.1. The van der Waals surface area contributed by atoms with Crippen molar-refractivity contribution in [3.63, 3.8) is 0 Å². The first-order chi connectivity index (χ1) is 10.2. The Morgan fingerprint density at radius 1 is 1.24 bits per heavy atom. The zero-order chi connectivity index (χ0) is 14.7. The van der Waals surface area contributed by atoms with Crippen LogP contribution in [0, 0.1) is 0 Å². The van der Waals surface area contributed by atoms with Crippen molar-refractivity contribution in [3.05, 3.63) is 41.5 Å². The number of benzene rings is 1. The van der Waals surface area contributed by atoms with Crippen LogP contribution in [0.15, 0.2) is 29.2 Å². The maximum absolute atomic E-state index is 10.6. The van der Waals surface area contributed by atoms with Gasteiger partial charge < -0.3 is 9.67 Å². The minimum atomic E-state index is -0.800. The minimum absolute atomic E-state index is 0.0721. The second kappa shape index (κ2) is 6.30. The number of carboxylic acid groups (broad SMARTS) is 1. The maximum Gasteiger partial charge on any atom is 0.307 e. The van der Waals surface area contributed by atoms with Crippen molar-refractivity contribution in [3.8, 4) is 0 Å². The van der Waals surface area contributed by atoms with Crippen molar-refractivity contribution in [2.45, 2.75) is 42.9 Å². The van der Waals surface area contributed by atoms with E-state index in [2.05, 4.69) is 14.8 Å². The van der Waals surface area contributed by atoms with Gasteiger partial charge in [0.1, 0.15) is 11.6 Å². The van der Waals surface area contributed by atoms with Gasteiger partial charge in [-0.25, -0.2) is 0 Å². The van der Waals surface area contributed by atoms with Crippen molar-refractivity contribution in [2.24, 2.45) is 0 Å². The van der Waals surface area contributed by atoms with Crippen LogP contribution in [0.25, 0.3) is 0 Å². The van der Waals surface area contributed by atoms with Crippen LogP contribution in [0.4, 0.5) is 0 Å². The largest absolute Gasteiger partial charge is 0.481 e. The Hall–Kier alpha value is -1.82. The van der Waals surface area contributed by atoms with Crippen molar-refractivity contribution >= 4 is 17.7 Å².